The van der Waals surface area contributed by atoms with Gasteiger partial charge in [0.25, 0.3) is 5.69 Å². The second kappa shape index (κ2) is 6.63. The zero-order valence-corrected chi connectivity index (χ0v) is 13.1. The Hall–Kier alpha value is -2.01. The number of amides is 1. The van der Waals surface area contributed by atoms with Gasteiger partial charge < -0.3 is 5.32 Å². The summed E-state index contributed by atoms with van der Waals surface area (Å²) in [6.07, 6.45) is 0. The van der Waals surface area contributed by atoms with Crippen molar-refractivity contribution >= 4 is 45.0 Å². The average molecular weight is 373 g/mol. The Morgan fingerprint density at radius 3 is 2.90 bits per heavy atom. The molecule has 0 atom stereocenters. The summed E-state index contributed by atoms with van der Waals surface area (Å²) in [5.74, 6) is -0.143. The van der Waals surface area contributed by atoms with Gasteiger partial charge in [-0.3, -0.25) is 14.9 Å². The van der Waals surface area contributed by atoms with Crippen LogP contribution in [0.15, 0.2) is 27.8 Å². The molecule has 1 N–H and O–H groups in total. The molecule has 0 saturated heterocycles. The maximum atomic E-state index is 11.8. The molecule has 0 radical (unpaired) electrons. The lowest BCUT2D eigenvalue weighted by Gasteiger charge is -2.06. The van der Waals surface area contributed by atoms with E-state index in [1.807, 2.05) is 0 Å². The number of anilines is 1. The number of rotatable bonds is 5. The van der Waals surface area contributed by atoms with Crippen LogP contribution in [0.2, 0.25) is 0 Å². The van der Waals surface area contributed by atoms with E-state index in [-0.39, 0.29) is 17.3 Å². The molecular weight excluding hydrogens is 364 g/mol. The van der Waals surface area contributed by atoms with E-state index in [4.69, 9.17) is 0 Å². The van der Waals surface area contributed by atoms with E-state index in [0.29, 0.717) is 15.3 Å². The molecule has 0 aliphatic heterocycles. The van der Waals surface area contributed by atoms with Crippen LogP contribution in [0.3, 0.4) is 0 Å². The number of nitrogens with zero attached hydrogens (tertiary/aromatic N) is 5. The fourth-order valence-corrected chi connectivity index (χ4v) is 2.49. The van der Waals surface area contributed by atoms with Gasteiger partial charge in [-0.25, -0.2) is 4.68 Å². The maximum absolute atomic E-state index is 11.8. The number of carbonyl (C=O) groups excluding carboxylic acids is 1. The number of nitrogens with one attached hydrogen (secondary N) is 1. The Morgan fingerprint density at radius 2 is 2.33 bits per heavy atom. The van der Waals surface area contributed by atoms with E-state index in [9.17, 15) is 14.9 Å². The molecule has 1 aromatic heterocycles. The predicted molar refractivity (Wildman–Crippen MR) is 78.9 cm³/mol. The summed E-state index contributed by atoms with van der Waals surface area (Å²) in [5.41, 5.74) is 0.404. The molecule has 0 saturated carbocycles. The van der Waals surface area contributed by atoms with Gasteiger partial charge in [-0.1, -0.05) is 11.8 Å². The number of aryl methyl sites for hydroxylation is 1. The number of thioether (sulfide) groups is 1. The average Bonchev–Trinajstić information content (AvgIpc) is 2.84. The van der Waals surface area contributed by atoms with Gasteiger partial charge in [0.05, 0.1) is 16.4 Å². The lowest BCUT2D eigenvalue weighted by atomic mass is 10.3. The van der Waals surface area contributed by atoms with Gasteiger partial charge in [-0.15, -0.1) is 5.10 Å². The molecule has 0 fully saturated rings. The second-order valence-corrected chi connectivity index (χ2v) is 5.64. The molecule has 0 unspecified atom stereocenters. The summed E-state index contributed by atoms with van der Waals surface area (Å²) in [4.78, 5) is 21.9. The van der Waals surface area contributed by atoms with Crippen molar-refractivity contribution in [1.29, 1.82) is 0 Å². The Balaban J connectivity index is 1.96. The van der Waals surface area contributed by atoms with E-state index >= 15 is 0 Å². The number of aromatic nitrogens is 4. The van der Waals surface area contributed by atoms with Crippen LogP contribution in [0, 0.1) is 10.1 Å². The monoisotopic (exact) mass is 372 g/mol. The van der Waals surface area contributed by atoms with Crippen LogP contribution in [-0.4, -0.2) is 36.8 Å². The molecule has 21 heavy (non-hydrogen) atoms. The molecule has 0 spiro atoms. The number of nitro benzene ring substituents is 1. The quantitative estimate of drug-likeness (QED) is 0.481. The number of nitro groups is 1. The molecular formula is C10H9BrN6O3S. The molecule has 0 aliphatic rings. The van der Waals surface area contributed by atoms with E-state index in [2.05, 4.69) is 36.8 Å². The van der Waals surface area contributed by atoms with Crippen molar-refractivity contribution in [3.63, 3.8) is 0 Å². The fourth-order valence-electron chi connectivity index (χ4n) is 1.38. The first-order valence-electron chi connectivity index (χ1n) is 5.56. The van der Waals surface area contributed by atoms with Gasteiger partial charge in [0.15, 0.2) is 0 Å². The third kappa shape index (κ3) is 3.98. The summed E-state index contributed by atoms with van der Waals surface area (Å²) >= 11 is 4.37. The largest absolute Gasteiger partial charge is 0.324 e. The number of non-ortho nitro benzene ring substituents is 1. The van der Waals surface area contributed by atoms with Crippen molar-refractivity contribution < 1.29 is 9.72 Å². The van der Waals surface area contributed by atoms with Gasteiger partial charge in [-0.05, 0) is 32.4 Å². The van der Waals surface area contributed by atoms with Gasteiger partial charge >= 0.3 is 0 Å². The minimum atomic E-state index is -0.507. The van der Waals surface area contributed by atoms with Crippen molar-refractivity contribution in [3.8, 4) is 0 Å². The number of carbonyl (C=O) groups is 1. The molecule has 2 aromatic rings. The van der Waals surface area contributed by atoms with Crippen molar-refractivity contribution in [2.75, 3.05) is 11.1 Å². The molecule has 1 amide bonds. The number of hydrogen-bond donors (Lipinski definition) is 1. The highest BCUT2D eigenvalue weighted by Crippen LogP contribution is 2.27. The van der Waals surface area contributed by atoms with Crippen LogP contribution >= 0.6 is 27.7 Å². The van der Waals surface area contributed by atoms with Gasteiger partial charge in [-0.2, -0.15) is 0 Å². The molecule has 1 aromatic carbocycles. The maximum Gasteiger partial charge on any atom is 0.270 e. The molecule has 1 heterocycles. The smallest absolute Gasteiger partial charge is 0.270 e. The van der Waals surface area contributed by atoms with E-state index < -0.39 is 4.92 Å². The summed E-state index contributed by atoms with van der Waals surface area (Å²) < 4.78 is 1.90. The van der Waals surface area contributed by atoms with Gasteiger partial charge in [0.2, 0.25) is 11.1 Å². The van der Waals surface area contributed by atoms with Crippen LogP contribution in [0.4, 0.5) is 11.4 Å². The summed E-state index contributed by atoms with van der Waals surface area (Å²) in [5, 5.41) is 24.7. The minimum Gasteiger partial charge on any atom is -0.324 e. The molecule has 0 bridgehead atoms. The lowest BCUT2D eigenvalue weighted by Crippen LogP contribution is -2.15. The van der Waals surface area contributed by atoms with Gasteiger partial charge in [0, 0.05) is 23.7 Å². The minimum absolute atomic E-state index is 0.0561. The highest BCUT2D eigenvalue weighted by Gasteiger charge is 2.12. The highest BCUT2D eigenvalue weighted by molar-refractivity contribution is 9.10. The molecule has 0 aliphatic carbocycles. The van der Waals surface area contributed by atoms with Crippen LogP contribution < -0.4 is 5.32 Å². The van der Waals surface area contributed by atoms with Crippen LogP contribution in [0.5, 0.6) is 0 Å². The van der Waals surface area contributed by atoms with Crippen molar-refractivity contribution in [3.05, 3.63) is 32.8 Å². The summed E-state index contributed by atoms with van der Waals surface area (Å²) in [6.45, 7) is 0. The topological polar surface area (TPSA) is 116 Å². The number of hydrogen-bond acceptors (Lipinski definition) is 7. The summed E-state index contributed by atoms with van der Waals surface area (Å²) in [7, 11) is 1.67. The van der Waals surface area contributed by atoms with E-state index in [0.717, 1.165) is 0 Å². The van der Waals surface area contributed by atoms with Crippen molar-refractivity contribution in [2.45, 2.75) is 5.16 Å². The Labute approximate surface area is 131 Å². The Morgan fingerprint density at radius 1 is 1.57 bits per heavy atom. The molecule has 110 valence electrons. The third-order valence-corrected chi connectivity index (χ3v) is 4.02. The van der Waals surface area contributed by atoms with Crippen LogP contribution in [-0.2, 0) is 11.8 Å². The lowest BCUT2D eigenvalue weighted by molar-refractivity contribution is -0.384. The number of benzene rings is 1. The molecule has 2 rings (SSSR count). The summed E-state index contributed by atoms with van der Waals surface area (Å²) in [6, 6.07) is 4.12. The van der Waals surface area contributed by atoms with Gasteiger partial charge in [0.1, 0.15) is 0 Å². The van der Waals surface area contributed by atoms with Crippen LogP contribution in [0.25, 0.3) is 0 Å². The van der Waals surface area contributed by atoms with Crippen molar-refractivity contribution in [2.24, 2.45) is 7.05 Å². The normalized spacial score (nSPS) is 10.4. The SMILES string of the molecule is Cn1nnnc1SCC(=O)Nc1ccc([N+](=O)[O-])cc1Br. The first-order valence-corrected chi connectivity index (χ1v) is 7.34. The second-order valence-electron chi connectivity index (χ2n) is 3.84. The number of halogens is 1. The van der Waals surface area contributed by atoms with Crippen molar-refractivity contribution in [1.82, 2.24) is 20.2 Å². The predicted octanol–water partition coefficient (Wildman–Crippen LogP) is 1.61. The molecule has 11 heteroatoms. The van der Waals surface area contributed by atoms with E-state index in [1.165, 1.54) is 34.6 Å². The first-order chi connectivity index (χ1) is 9.97. The standard InChI is InChI=1S/C10H9BrN6O3S/c1-16-10(13-14-15-16)21-5-9(18)12-8-3-2-6(17(19)20)4-7(8)11/h2-4H,5H2,1H3,(H,12,18). The fraction of sp³-hybridized carbons (Fsp3) is 0.200. The Bertz CT molecular complexity index is 691. The third-order valence-electron chi connectivity index (χ3n) is 2.35. The number of tetrazole rings is 1. The zero-order valence-electron chi connectivity index (χ0n) is 10.7. The van der Waals surface area contributed by atoms with Crippen LogP contribution in [0.1, 0.15) is 0 Å². The van der Waals surface area contributed by atoms with E-state index in [1.54, 1.807) is 7.05 Å². The zero-order chi connectivity index (χ0) is 15.4. The highest BCUT2D eigenvalue weighted by atomic mass is 79.9. The Kier molecular flexibility index (Phi) is 4.85. The molecule has 9 nitrogen and oxygen atoms in total. The first kappa shape index (κ1) is 15.4.